The smallest absolute Gasteiger partial charge is 0.254 e. The van der Waals surface area contributed by atoms with Gasteiger partial charge in [0.05, 0.1) is 13.2 Å². The molecule has 2 aliphatic heterocycles. The van der Waals surface area contributed by atoms with Gasteiger partial charge in [-0.2, -0.15) is 0 Å². The first-order valence-electron chi connectivity index (χ1n) is 11.2. The summed E-state index contributed by atoms with van der Waals surface area (Å²) in [6.07, 6.45) is 1.93. The molecule has 0 unspecified atom stereocenters. The average Bonchev–Trinajstić information content (AvgIpc) is 3.50. The Morgan fingerprint density at radius 3 is 2.56 bits per heavy atom. The number of imidazole rings is 1. The lowest BCUT2D eigenvalue weighted by Gasteiger charge is -2.12. The lowest BCUT2D eigenvalue weighted by Crippen LogP contribution is -3.00. The molecule has 2 aliphatic rings. The fourth-order valence-corrected chi connectivity index (χ4v) is 5.10. The van der Waals surface area contributed by atoms with Crippen LogP contribution in [0.25, 0.3) is 11.0 Å². The van der Waals surface area contributed by atoms with E-state index in [2.05, 4.69) is 77.6 Å². The molecule has 0 radical (unpaired) electrons. The molecule has 3 heterocycles. The van der Waals surface area contributed by atoms with Gasteiger partial charge < -0.3 is 26.5 Å². The molecule has 1 aromatic heterocycles. The van der Waals surface area contributed by atoms with Gasteiger partial charge in [-0.1, -0.05) is 42.0 Å². The summed E-state index contributed by atoms with van der Waals surface area (Å²) in [6.45, 7) is 7.58. The fraction of sp³-hybridized carbons (Fsp3) is 0.296. The maximum absolute atomic E-state index is 6.12. The molecule has 0 aliphatic carbocycles. The highest BCUT2D eigenvalue weighted by Crippen LogP contribution is 2.41. The fourth-order valence-electron chi connectivity index (χ4n) is 5.10. The third-order valence-electron chi connectivity index (χ3n) is 6.78. The van der Waals surface area contributed by atoms with Crippen LogP contribution < -0.4 is 31.0 Å². The normalized spacial score (nSPS) is 13.9. The first kappa shape index (κ1) is 21.1. The number of hydrogen-bond donors (Lipinski definition) is 0. The van der Waals surface area contributed by atoms with Crippen LogP contribution in [0.3, 0.4) is 0 Å². The van der Waals surface area contributed by atoms with Gasteiger partial charge in [0.1, 0.15) is 24.6 Å². The van der Waals surface area contributed by atoms with Gasteiger partial charge in [0, 0.05) is 36.5 Å². The van der Waals surface area contributed by atoms with Crippen LogP contribution in [0.15, 0.2) is 54.6 Å². The Hall–Kier alpha value is -2.79. The molecule has 0 saturated heterocycles. The third kappa shape index (κ3) is 3.39. The van der Waals surface area contributed by atoms with E-state index in [-0.39, 0.29) is 17.0 Å². The molecule has 4 nitrogen and oxygen atoms in total. The van der Waals surface area contributed by atoms with Gasteiger partial charge in [0.2, 0.25) is 0 Å². The van der Waals surface area contributed by atoms with Gasteiger partial charge in [0.25, 0.3) is 5.82 Å². The van der Waals surface area contributed by atoms with Crippen LogP contribution in [-0.4, -0.2) is 17.8 Å². The quantitative estimate of drug-likeness (QED) is 0.405. The zero-order valence-corrected chi connectivity index (χ0v) is 20.1. The van der Waals surface area contributed by atoms with Crippen molar-refractivity contribution in [3.63, 3.8) is 0 Å². The van der Waals surface area contributed by atoms with E-state index in [0.717, 1.165) is 50.6 Å². The minimum absolute atomic E-state index is 0. The van der Waals surface area contributed by atoms with Crippen LogP contribution in [0.5, 0.6) is 11.5 Å². The van der Waals surface area contributed by atoms with Gasteiger partial charge in [-0.25, -0.2) is 9.13 Å². The number of hydrogen-bond acceptors (Lipinski definition) is 2. The number of fused-ring (bicyclic) bond motifs is 3. The Balaban J connectivity index is 0.00000216. The summed E-state index contributed by atoms with van der Waals surface area (Å²) in [6, 6.07) is 19.8. The largest absolute Gasteiger partial charge is 1.00 e. The molecule has 4 aromatic rings. The summed E-state index contributed by atoms with van der Waals surface area (Å²) >= 11 is 0. The molecule has 0 atom stereocenters. The van der Waals surface area contributed by atoms with E-state index in [1.807, 2.05) is 0 Å². The van der Waals surface area contributed by atoms with E-state index in [4.69, 9.17) is 9.47 Å². The van der Waals surface area contributed by atoms with E-state index in [1.54, 1.807) is 0 Å². The van der Waals surface area contributed by atoms with E-state index in [0.29, 0.717) is 0 Å². The lowest BCUT2D eigenvalue weighted by atomic mass is 9.99. The average molecular weight is 491 g/mol. The first-order valence-corrected chi connectivity index (χ1v) is 11.2. The highest BCUT2D eigenvalue weighted by molar-refractivity contribution is 5.72. The standard InChI is InChI=1S/C27H27N2O2.BrH/c1-18-7-9-20(10-8-18)16-28-19(2)29(25-6-4-3-5-24(25)28)17-23-22-12-14-30-26(22)15-21-11-13-31-27(21)23;/h3-10,15H,11-14,16-17H2,1-2H3;1H/q+1;/p-1. The molecule has 3 aromatic carbocycles. The number of aryl methyl sites for hydroxylation is 1. The Morgan fingerprint density at radius 2 is 1.72 bits per heavy atom. The van der Waals surface area contributed by atoms with Gasteiger partial charge >= 0.3 is 0 Å². The van der Waals surface area contributed by atoms with Crippen molar-refractivity contribution in [3.05, 3.63) is 88.2 Å². The number of benzene rings is 3. The first-order chi connectivity index (χ1) is 15.2. The van der Waals surface area contributed by atoms with Crippen molar-refractivity contribution in [1.29, 1.82) is 0 Å². The van der Waals surface area contributed by atoms with Crippen molar-refractivity contribution in [2.75, 3.05) is 13.2 Å². The molecule has 0 bridgehead atoms. The van der Waals surface area contributed by atoms with E-state index < -0.39 is 0 Å². The molecule has 164 valence electrons. The van der Waals surface area contributed by atoms with E-state index in [9.17, 15) is 0 Å². The predicted octanol–water partition coefficient (Wildman–Crippen LogP) is 1.52. The zero-order valence-electron chi connectivity index (χ0n) is 18.5. The molecule has 0 saturated carbocycles. The number of ether oxygens (including phenoxy) is 2. The number of rotatable bonds is 4. The van der Waals surface area contributed by atoms with Gasteiger partial charge in [-0.15, -0.1) is 0 Å². The summed E-state index contributed by atoms with van der Waals surface area (Å²) in [5, 5.41) is 0. The van der Waals surface area contributed by atoms with Crippen LogP contribution in [0, 0.1) is 13.8 Å². The maximum Gasteiger partial charge on any atom is 0.254 e. The molecule has 5 heteroatoms. The second-order valence-corrected chi connectivity index (χ2v) is 8.71. The van der Waals surface area contributed by atoms with Crippen LogP contribution in [0.2, 0.25) is 0 Å². The van der Waals surface area contributed by atoms with Crippen LogP contribution in [-0.2, 0) is 25.9 Å². The summed E-state index contributed by atoms with van der Waals surface area (Å²) < 4.78 is 16.9. The number of nitrogens with zero attached hydrogens (tertiary/aromatic N) is 2. The second kappa shape index (κ2) is 8.28. The number of halogens is 1. The van der Waals surface area contributed by atoms with Gasteiger partial charge in [0.15, 0.2) is 11.0 Å². The van der Waals surface area contributed by atoms with Crippen molar-refractivity contribution in [2.24, 2.45) is 0 Å². The van der Waals surface area contributed by atoms with Crippen molar-refractivity contribution >= 4 is 11.0 Å². The molecular formula is C27H27BrN2O2. The summed E-state index contributed by atoms with van der Waals surface area (Å²) in [5.74, 6) is 3.40. The van der Waals surface area contributed by atoms with Gasteiger partial charge in [-0.3, -0.25) is 0 Å². The molecule has 0 fully saturated rings. The minimum atomic E-state index is 0. The molecule has 0 spiro atoms. The van der Waals surface area contributed by atoms with E-state index >= 15 is 0 Å². The Kier molecular flexibility index (Phi) is 5.46. The van der Waals surface area contributed by atoms with E-state index in [1.165, 1.54) is 44.7 Å². The Bertz CT molecular complexity index is 1280. The van der Waals surface area contributed by atoms with Crippen molar-refractivity contribution in [3.8, 4) is 11.5 Å². The van der Waals surface area contributed by atoms with Crippen LogP contribution in [0.4, 0.5) is 0 Å². The van der Waals surface area contributed by atoms with Crippen molar-refractivity contribution in [2.45, 2.75) is 39.8 Å². The van der Waals surface area contributed by atoms with Gasteiger partial charge in [-0.05, 0) is 30.7 Å². The zero-order chi connectivity index (χ0) is 20.9. The molecular weight excluding hydrogens is 464 g/mol. The number of para-hydroxylation sites is 2. The third-order valence-corrected chi connectivity index (χ3v) is 6.78. The molecule has 32 heavy (non-hydrogen) atoms. The predicted molar refractivity (Wildman–Crippen MR) is 121 cm³/mol. The molecule has 6 rings (SSSR count). The minimum Gasteiger partial charge on any atom is -1.00 e. The van der Waals surface area contributed by atoms with Crippen LogP contribution >= 0.6 is 0 Å². The van der Waals surface area contributed by atoms with Crippen molar-refractivity contribution in [1.82, 2.24) is 4.57 Å². The monoisotopic (exact) mass is 490 g/mol. The molecule has 0 N–H and O–H groups in total. The lowest BCUT2D eigenvalue weighted by molar-refractivity contribution is -0.669. The highest BCUT2D eigenvalue weighted by atomic mass is 79.9. The maximum atomic E-state index is 6.12. The topological polar surface area (TPSA) is 27.3 Å². The Morgan fingerprint density at radius 1 is 0.938 bits per heavy atom. The Labute approximate surface area is 199 Å². The summed E-state index contributed by atoms with van der Waals surface area (Å²) in [7, 11) is 0. The number of aromatic nitrogens is 2. The summed E-state index contributed by atoms with van der Waals surface area (Å²) in [4.78, 5) is 0. The highest BCUT2D eigenvalue weighted by Gasteiger charge is 2.30. The van der Waals surface area contributed by atoms with Crippen LogP contribution in [0.1, 0.15) is 33.6 Å². The van der Waals surface area contributed by atoms with Crippen molar-refractivity contribution < 1.29 is 31.0 Å². The summed E-state index contributed by atoms with van der Waals surface area (Å²) in [5.41, 5.74) is 9.05. The second-order valence-electron chi connectivity index (χ2n) is 8.71. The molecule has 0 amide bonds. The SMILES string of the molecule is Cc1ccc(C[n+]2c(C)n(Cc3c4c(cc5c3OCC5)OCC4)c3ccccc32)cc1.[Br-].